The van der Waals surface area contributed by atoms with Gasteiger partial charge in [-0.25, -0.2) is 9.37 Å². The summed E-state index contributed by atoms with van der Waals surface area (Å²) in [6.45, 7) is 1.19. The Morgan fingerprint density at radius 1 is 1.30 bits per heavy atom. The van der Waals surface area contributed by atoms with Crippen molar-refractivity contribution in [3.8, 4) is 0 Å². The summed E-state index contributed by atoms with van der Waals surface area (Å²) in [7, 11) is 0. The average molecular weight is 389 g/mol. The Balaban J connectivity index is 1.45. The third kappa shape index (κ3) is 2.94. The number of nitrogens with zero attached hydrogens (tertiary/aromatic N) is 3. The summed E-state index contributed by atoms with van der Waals surface area (Å²) in [5.41, 5.74) is 0.0676. The second-order valence-electron chi connectivity index (χ2n) is 8.29. The molecular formula is C20H22ClFN4O. The Bertz CT molecular complexity index is 888. The van der Waals surface area contributed by atoms with Crippen molar-refractivity contribution in [1.29, 1.82) is 0 Å². The molecule has 27 heavy (non-hydrogen) atoms. The number of amides is 1. The third-order valence-corrected chi connectivity index (χ3v) is 6.72. The van der Waals surface area contributed by atoms with Crippen LogP contribution in [0.4, 0.5) is 4.39 Å². The second kappa shape index (κ2) is 6.30. The summed E-state index contributed by atoms with van der Waals surface area (Å²) in [6.07, 6.45) is 6.77. The standard InChI is InChI=1S/C20H22ClFN4O/c21-13-5-6-16(22)14(9-13)19(27)26-10-15(20(11-26)7-1-2-8-20)18-23-17(24-25-18)12-3-4-12/h5-6,9,12,15H,1-4,7-8,10-11H2,(H,23,24,25). The first kappa shape index (κ1) is 17.2. The molecule has 3 aliphatic rings. The van der Waals surface area contributed by atoms with Crippen molar-refractivity contribution in [2.45, 2.75) is 50.4 Å². The molecule has 1 unspecified atom stereocenters. The smallest absolute Gasteiger partial charge is 0.256 e. The summed E-state index contributed by atoms with van der Waals surface area (Å²) in [4.78, 5) is 19.6. The van der Waals surface area contributed by atoms with Gasteiger partial charge in [-0.3, -0.25) is 9.89 Å². The van der Waals surface area contributed by atoms with E-state index in [1.165, 1.54) is 18.2 Å². The van der Waals surface area contributed by atoms with Crippen molar-refractivity contribution < 1.29 is 9.18 Å². The molecule has 142 valence electrons. The Kier molecular flexibility index (Phi) is 4.00. The number of aromatic nitrogens is 3. The first-order chi connectivity index (χ1) is 13.1. The molecule has 2 aromatic rings. The first-order valence-electron chi connectivity index (χ1n) is 9.72. The maximum Gasteiger partial charge on any atom is 0.256 e. The Morgan fingerprint density at radius 2 is 2.07 bits per heavy atom. The van der Waals surface area contributed by atoms with E-state index in [9.17, 15) is 9.18 Å². The summed E-state index contributed by atoms with van der Waals surface area (Å²) in [5.74, 6) is 1.61. The van der Waals surface area contributed by atoms with Crippen LogP contribution in [0.5, 0.6) is 0 Å². The number of H-pyrrole nitrogens is 1. The number of carbonyl (C=O) groups is 1. The van der Waals surface area contributed by atoms with Crippen molar-refractivity contribution in [3.05, 3.63) is 46.3 Å². The Morgan fingerprint density at radius 3 is 2.81 bits per heavy atom. The largest absolute Gasteiger partial charge is 0.337 e. The highest BCUT2D eigenvalue weighted by molar-refractivity contribution is 6.31. The monoisotopic (exact) mass is 388 g/mol. The maximum atomic E-state index is 14.2. The van der Waals surface area contributed by atoms with Crippen LogP contribution >= 0.6 is 11.6 Å². The number of benzene rings is 1. The lowest BCUT2D eigenvalue weighted by Gasteiger charge is -2.28. The van der Waals surface area contributed by atoms with Gasteiger partial charge < -0.3 is 4.90 Å². The number of likely N-dealkylation sites (tertiary alicyclic amines) is 1. The molecule has 1 aliphatic heterocycles. The van der Waals surface area contributed by atoms with Gasteiger partial charge >= 0.3 is 0 Å². The van der Waals surface area contributed by atoms with E-state index in [0.717, 1.165) is 50.2 Å². The van der Waals surface area contributed by atoms with Gasteiger partial charge in [-0.05, 0) is 49.3 Å². The molecule has 5 rings (SSSR count). The highest BCUT2D eigenvalue weighted by atomic mass is 35.5. The zero-order valence-corrected chi connectivity index (χ0v) is 15.8. The summed E-state index contributed by atoms with van der Waals surface area (Å²) < 4.78 is 14.2. The molecule has 0 bridgehead atoms. The van der Waals surface area contributed by atoms with Gasteiger partial charge in [0.2, 0.25) is 0 Å². The lowest BCUT2D eigenvalue weighted by atomic mass is 9.76. The van der Waals surface area contributed by atoms with E-state index in [0.29, 0.717) is 24.0 Å². The molecule has 1 N–H and O–H groups in total. The molecule has 1 saturated heterocycles. The zero-order chi connectivity index (χ0) is 18.6. The average Bonchev–Trinajstić information content (AvgIpc) is 3.09. The molecule has 3 fully saturated rings. The van der Waals surface area contributed by atoms with Crippen molar-refractivity contribution in [2.75, 3.05) is 13.1 Å². The van der Waals surface area contributed by atoms with Gasteiger partial charge in [0.1, 0.15) is 11.6 Å². The number of halogens is 2. The number of aromatic amines is 1. The summed E-state index contributed by atoms with van der Waals surface area (Å²) in [5, 5.41) is 7.93. The number of nitrogens with one attached hydrogen (secondary N) is 1. The number of rotatable bonds is 3. The van der Waals surface area contributed by atoms with E-state index in [1.54, 1.807) is 4.90 Å². The first-order valence-corrected chi connectivity index (χ1v) is 10.1. The van der Waals surface area contributed by atoms with Crippen LogP contribution in [0.25, 0.3) is 0 Å². The molecular weight excluding hydrogens is 367 g/mol. The number of hydrogen-bond acceptors (Lipinski definition) is 3. The predicted octanol–water partition coefficient (Wildman–Crippen LogP) is 4.27. The Hall–Kier alpha value is -1.95. The van der Waals surface area contributed by atoms with E-state index >= 15 is 0 Å². The van der Waals surface area contributed by atoms with Gasteiger partial charge in [0, 0.05) is 29.9 Å². The highest BCUT2D eigenvalue weighted by Crippen LogP contribution is 2.53. The maximum absolute atomic E-state index is 14.2. The SMILES string of the molecule is O=C(c1cc(Cl)ccc1F)N1CC(c2nc(C3CC3)n[nH]2)C2(CCCC2)C1. The fraction of sp³-hybridized carbons (Fsp3) is 0.550. The fourth-order valence-corrected chi connectivity index (χ4v) is 5.06. The van der Waals surface area contributed by atoms with Gasteiger partial charge in [-0.15, -0.1) is 0 Å². The minimum atomic E-state index is -0.524. The fourth-order valence-electron chi connectivity index (χ4n) is 4.89. The molecule has 2 saturated carbocycles. The van der Waals surface area contributed by atoms with Crippen LogP contribution < -0.4 is 0 Å². The van der Waals surface area contributed by atoms with Gasteiger partial charge in [-0.2, -0.15) is 5.10 Å². The number of carbonyl (C=O) groups excluding carboxylic acids is 1. The summed E-state index contributed by atoms with van der Waals surface area (Å²) >= 11 is 5.99. The molecule has 1 aromatic heterocycles. The van der Waals surface area contributed by atoms with E-state index in [2.05, 4.69) is 10.2 Å². The summed E-state index contributed by atoms with van der Waals surface area (Å²) in [6, 6.07) is 4.15. The third-order valence-electron chi connectivity index (χ3n) is 6.49. The van der Waals surface area contributed by atoms with Crippen molar-refractivity contribution >= 4 is 17.5 Å². The minimum absolute atomic E-state index is 0.0189. The zero-order valence-electron chi connectivity index (χ0n) is 15.0. The van der Waals surface area contributed by atoms with Crippen LogP contribution in [-0.4, -0.2) is 39.1 Å². The van der Waals surface area contributed by atoms with Crippen LogP contribution in [-0.2, 0) is 0 Å². The van der Waals surface area contributed by atoms with E-state index in [1.807, 2.05) is 0 Å². The van der Waals surface area contributed by atoms with Crippen LogP contribution in [0, 0.1) is 11.2 Å². The Labute approximate surface area is 162 Å². The topological polar surface area (TPSA) is 61.9 Å². The minimum Gasteiger partial charge on any atom is -0.337 e. The molecule has 2 aliphatic carbocycles. The van der Waals surface area contributed by atoms with Gasteiger partial charge in [0.05, 0.1) is 5.56 Å². The van der Waals surface area contributed by atoms with E-state index < -0.39 is 5.82 Å². The number of hydrogen-bond donors (Lipinski definition) is 1. The molecule has 1 atom stereocenters. The van der Waals surface area contributed by atoms with E-state index in [-0.39, 0.29) is 22.8 Å². The lowest BCUT2D eigenvalue weighted by Crippen LogP contribution is -2.31. The molecule has 7 heteroatoms. The van der Waals surface area contributed by atoms with Crippen LogP contribution in [0.3, 0.4) is 0 Å². The normalized spacial score (nSPS) is 24.1. The molecule has 2 heterocycles. The lowest BCUT2D eigenvalue weighted by molar-refractivity contribution is 0.0768. The quantitative estimate of drug-likeness (QED) is 0.853. The highest BCUT2D eigenvalue weighted by Gasteiger charge is 2.51. The van der Waals surface area contributed by atoms with Gasteiger partial charge in [0.15, 0.2) is 5.82 Å². The molecule has 5 nitrogen and oxygen atoms in total. The van der Waals surface area contributed by atoms with Crippen LogP contribution in [0.15, 0.2) is 18.2 Å². The molecule has 1 amide bonds. The van der Waals surface area contributed by atoms with Crippen molar-refractivity contribution in [2.24, 2.45) is 5.41 Å². The van der Waals surface area contributed by atoms with Crippen LogP contribution in [0.1, 0.15) is 72.4 Å². The van der Waals surface area contributed by atoms with Crippen molar-refractivity contribution in [1.82, 2.24) is 20.1 Å². The predicted molar refractivity (Wildman–Crippen MR) is 99.3 cm³/mol. The van der Waals surface area contributed by atoms with Gasteiger partial charge in [-0.1, -0.05) is 24.4 Å². The van der Waals surface area contributed by atoms with Crippen molar-refractivity contribution in [3.63, 3.8) is 0 Å². The molecule has 1 aromatic carbocycles. The second-order valence-corrected chi connectivity index (χ2v) is 8.72. The van der Waals surface area contributed by atoms with Gasteiger partial charge in [0.25, 0.3) is 5.91 Å². The van der Waals surface area contributed by atoms with Crippen LogP contribution in [0.2, 0.25) is 5.02 Å². The molecule has 1 spiro atoms. The van der Waals surface area contributed by atoms with E-state index in [4.69, 9.17) is 16.6 Å². The molecule has 0 radical (unpaired) electrons.